The monoisotopic (exact) mass is 446 g/mol. The van der Waals surface area contributed by atoms with Crippen molar-refractivity contribution in [3.05, 3.63) is 102 Å². The molecule has 3 rings (SSSR count). The van der Waals surface area contributed by atoms with E-state index in [1.807, 2.05) is 66.7 Å². The third kappa shape index (κ3) is 8.09. The van der Waals surface area contributed by atoms with Crippen molar-refractivity contribution in [2.45, 2.75) is 19.5 Å². The fourth-order valence-corrected chi connectivity index (χ4v) is 3.39. The third-order valence-corrected chi connectivity index (χ3v) is 5.13. The van der Waals surface area contributed by atoms with Gasteiger partial charge in [0, 0.05) is 32.9 Å². The van der Waals surface area contributed by atoms with Crippen LogP contribution in [0.25, 0.3) is 6.08 Å². The lowest BCUT2D eigenvalue weighted by molar-refractivity contribution is -0.139. The smallest absolute Gasteiger partial charge is 0.247 e. The summed E-state index contributed by atoms with van der Waals surface area (Å²) in [6, 6.07) is 23.0. The molecule has 2 aromatic carbocycles. The van der Waals surface area contributed by atoms with Gasteiger partial charge in [-0.25, -0.2) is 0 Å². The fourth-order valence-electron chi connectivity index (χ4n) is 3.39. The molecule has 0 aliphatic heterocycles. The molecule has 0 unspecified atom stereocenters. The highest BCUT2D eigenvalue weighted by Crippen LogP contribution is 2.12. The Labute approximate surface area is 195 Å². The molecule has 1 aromatic heterocycles. The molecule has 0 atom stereocenters. The van der Waals surface area contributed by atoms with E-state index in [0.717, 1.165) is 11.1 Å². The third-order valence-electron chi connectivity index (χ3n) is 5.13. The molecule has 172 valence electrons. The Morgan fingerprint density at radius 1 is 0.909 bits per heavy atom. The van der Waals surface area contributed by atoms with Gasteiger partial charge in [-0.3, -0.25) is 9.59 Å². The second-order valence-electron chi connectivity index (χ2n) is 7.66. The van der Waals surface area contributed by atoms with Crippen molar-refractivity contribution in [2.75, 3.05) is 26.8 Å². The maximum absolute atomic E-state index is 13.3. The number of benzene rings is 2. The molecule has 0 aliphatic rings. The molecule has 0 fully saturated rings. The van der Waals surface area contributed by atoms with Crippen LogP contribution in [-0.4, -0.2) is 48.4 Å². The molecular weight excluding hydrogens is 416 g/mol. The largest absolute Gasteiger partial charge is 0.467 e. The van der Waals surface area contributed by atoms with Crippen molar-refractivity contribution in [1.29, 1.82) is 0 Å². The summed E-state index contributed by atoms with van der Waals surface area (Å²) in [5, 5.41) is 0. The first kappa shape index (κ1) is 24.0. The minimum absolute atomic E-state index is 0.0186. The van der Waals surface area contributed by atoms with Gasteiger partial charge >= 0.3 is 0 Å². The molecule has 6 nitrogen and oxygen atoms in total. The molecule has 1 heterocycles. The zero-order valence-corrected chi connectivity index (χ0v) is 18.9. The molecule has 0 saturated carbocycles. The van der Waals surface area contributed by atoms with Crippen molar-refractivity contribution < 1.29 is 18.7 Å². The van der Waals surface area contributed by atoms with Gasteiger partial charge in [-0.15, -0.1) is 0 Å². The quantitative estimate of drug-likeness (QED) is 0.306. The Balaban J connectivity index is 1.73. The van der Waals surface area contributed by atoms with Gasteiger partial charge in [0.15, 0.2) is 0 Å². The predicted octanol–water partition coefficient (Wildman–Crippen LogP) is 4.39. The van der Waals surface area contributed by atoms with Crippen LogP contribution in [0.15, 0.2) is 89.6 Å². The normalized spacial score (nSPS) is 10.9. The first-order valence-corrected chi connectivity index (χ1v) is 11.0. The minimum atomic E-state index is -0.207. The van der Waals surface area contributed by atoms with Crippen molar-refractivity contribution in [1.82, 2.24) is 9.80 Å². The zero-order chi connectivity index (χ0) is 23.3. The molecule has 6 heteroatoms. The molecule has 0 spiro atoms. The highest BCUT2D eigenvalue weighted by Gasteiger charge is 2.21. The van der Waals surface area contributed by atoms with E-state index in [0.29, 0.717) is 38.4 Å². The Morgan fingerprint density at radius 2 is 1.64 bits per heavy atom. The Bertz CT molecular complexity index is 1000. The lowest BCUT2D eigenvalue weighted by Gasteiger charge is -2.27. The minimum Gasteiger partial charge on any atom is -0.467 e. The van der Waals surface area contributed by atoms with Gasteiger partial charge < -0.3 is 19.0 Å². The summed E-state index contributed by atoms with van der Waals surface area (Å²) >= 11 is 0. The topological polar surface area (TPSA) is 63.0 Å². The van der Waals surface area contributed by atoms with Crippen molar-refractivity contribution in [2.24, 2.45) is 0 Å². The number of furan rings is 1. The second kappa shape index (κ2) is 13.0. The van der Waals surface area contributed by atoms with Crippen LogP contribution < -0.4 is 0 Å². The van der Waals surface area contributed by atoms with Crippen LogP contribution in [0.3, 0.4) is 0 Å². The highest BCUT2D eigenvalue weighted by molar-refractivity contribution is 5.94. The van der Waals surface area contributed by atoms with Gasteiger partial charge in [-0.05, 0) is 35.8 Å². The molecule has 0 aliphatic carbocycles. The molecule has 3 aromatic rings. The van der Waals surface area contributed by atoms with Crippen LogP contribution in [0, 0.1) is 0 Å². The van der Waals surface area contributed by atoms with Crippen LogP contribution in [-0.2, 0) is 27.4 Å². The van der Waals surface area contributed by atoms with E-state index in [4.69, 9.17) is 9.15 Å². The maximum Gasteiger partial charge on any atom is 0.247 e. The number of carbonyl (C=O) groups is 2. The number of amides is 2. The van der Waals surface area contributed by atoms with Gasteiger partial charge in [0.2, 0.25) is 11.8 Å². The second-order valence-corrected chi connectivity index (χ2v) is 7.66. The number of carbonyl (C=O) groups excluding carboxylic acids is 2. The SMILES string of the molecule is COCCCN(CC(=O)N(Cc1ccccc1)Cc1ccco1)C(=O)C=Cc1ccccc1. The number of ether oxygens (including phenoxy) is 1. The van der Waals surface area contributed by atoms with Crippen LogP contribution >= 0.6 is 0 Å². The average Bonchev–Trinajstić information content (AvgIpc) is 3.36. The molecule has 0 radical (unpaired) electrons. The number of methoxy groups -OCH3 is 1. The van der Waals surface area contributed by atoms with E-state index < -0.39 is 0 Å². The van der Waals surface area contributed by atoms with Gasteiger partial charge in [0.1, 0.15) is 12.3 Å². The van der Waals surface area contributed by atoms with E-state index in [2.05, 4.69) is 0 Å². The van der Waals surface area contributed by atoms with Crippen LogP contribution in [0.1, 0.15) is 23.3 Å². The summed E-state index contributed by atoms with van der Waals surface area (Å²) in [4.78, 5) is 29.6. The molecule has 2 amide bonds. The lowest BCUT2D eigenvalue weighted by atomic mass is 10.2. The van der Waals surface area contributed by atoms with E-state index in [9.17, 15) is 9.59 Å². The lowest BCUT2D eigenvalue weighted by Crippen LogP contribution is -2.42. The van der Waals surface area contributed by atoms with Gasteiger partial charge in [-0.1, -0.05) is 60.7 Å². The van der Waals surface area contributed by atoms with Gasteiger partial charge in [-0.2, -0.15) is 0 Å². The zero-order valence-electron chi connectivity index (χ0n) is 18.9. The van der Waals surface area contributed by atoms with E-state index in [1.54, 1.807) is 35.3 Å². The molecule has 33 heavy (non-hydrogen) atoms. The van der Waals surface area contributed by atoms with Crippen LogP contribution in [0.2, 0.25) is 0 Å². The Hall–Kier alpha value is -3.64. The van der Waals surface area contributed by atoms with E-state index in [-0.39, 0.29) is 18.4 Å². The summed E-state index contributed by atoms with van der Waals surface area (Å²) in [5.41, 5.74) is 1.94. The average molecular weight is 447 g/mol. The molecule has 0 N–H and O–H groups in total. The van der Waals surface area contributed by atoms with E-state index in [1.165, 1.54) is 6.08 Å². The standard InChI is InChI=1S/C27H30N2O4/c1-32-18-9-17-28(26(30)16-15-23-10-4-2-5-11-23)22-27(31)29(21-25-14-8-19-33-25)20-24-12-6-3-7-13-24/h2-8,10-16,19H,9,17-18,20-22H2,1H3. The number of nitrogens with zero attached hydrogens (tertiary/aromatic N) is 2. The summed E-state index contributed by atoms with van der Waals surface area (Å²) in [7, 11) is 1.62. The molecule has 0 bridgehead atoms. The van der Waals surface area contributed by atoms with Crippen molar-refractivity contribution >= 4 is 17.9 Å². The fraction of sp³-hybridized carbons (Fsp3) is 0.259. The summed E-state index contributed by atoms with van der Waals surface area (Å²) in [6.07, 6.45) is 5.52. The first-order valence-electron chi connectivity index (χ1n) is 11.0. The maximum atomic E-state index is 13.3. The molecule has 0 saturated heterocycles. The van der Waals surface area contributed by atoms with Crippen LogP contribution in [0.5, 0.6) is 0 Å². The summed E-state index contributed by atoms with van der Waals surface area (Å²) in [5.74, 6) is 0.343. The number of hydrogen-bond donors (Lipinski definition) is 0. The van der Waals surface area contributed by atoms with Crippen molar-refractivity contribution in [3.63, 3.8) is 0 Å². The predicted molar refractivity (Wildman–Crippen MR) is 128 cm³/mol. The van der Waals surface area contributed by atoms with Gasteiger partial charge in [0.25, 0.3) is 0 Å². The highest BCUT2D eigenvalue weighted by atomic mass is 16.5. The van der Waals surface area contributed by atoms with Crippen molar-refractivity contribution in [3.8, 4) is 0 Å². The first-order chi connectivity index (χ1) is 16.2. The van der Waals surface area contributed by atoms with Crippen LogP contribution in [0.4, 0.5) is 0 Å². The molecular formula is C27H30N2O4. The Morgan fingerprint density at radius 3 is 2.30 bits per heavy atom. The number of rotatable bonds is 12. The van der Waals surface area contributed by atoms with Gasteiger partial charge in [0.05, 0.1) is 12.8 Å². The van der Waals surface area contributed by atoms with E-state index >= 15 is 0 Å². The Kier molecular flexibility index (Phi) is 9.48. The number of hydrogen-bond acceptors (Lipinski definition) is 4. The summed E-state index contributed by atoms with van der Waals surface area (Å²) < 4.78 is 10.6. The summed E-state index contributed by atoms with van der Waals surface area (Å²) in [6.45, 7) is 1.69.